The largest absolute Gasteiger partial charge is 0.465 e. The smallest absolute Gasteiger partial charge is 0.220 e. The third-order valence-corrected chi connectivity index (χ3v) is 3.55. The molecule has 112 valence electrons. The van der Waals surface area contributed by atoms with Crippen LogP contribution in [0, 0.1) is 6.92 Å². The molecular formula is C15H24N2O3. The van der Waals surface area contributed by atoms with Crippen molar-refractivity contribution in [1.82, 2.24) is 10.2 Å². The highest BCUT2D eigenvalue weighted by Gasteiger charge is 2.25. The lowest BCUT2D eigenvalue weighted by atomic mass is 10.1. The van der Waals surface area contributed by atoms with Crippen molar-refractivity contribution < 1.29 is 13.9 Å². The highest BCUT2D eigenvalue weighted by atomic mass is 16.5. The third kappa shape index (κ3) is 4.08. The van der Waals surface area contributed by atoms with Crippen LogP contribution in [0.3, 0.4) is 0 Å². The van der Waals surface area contributed by atoms with E-state index >= 15 is 0 Å². The van der Waals surface area contributed by atoms with Gasteiger partial charge >= 0.3 is 0 Å². The van der Waals surface area contributed by atoms with Crippen LogP contribution in [0.1, 0.15) is 37.3 Å². The molecule has 1 aromatic heterocycles. The van der Waals surface area contributed by atoms with Crippen molar-refractivity contribution >= 4 is 5.91 Å². The highest BCUT2D eigenvalue weighted by molar-refractivity contribution is 5.75. The molecule has 5 nitrogen and oxygen atoms in total. The van der Waals surface area contributed by atoms with Crippen molar-refractivity contribution in [2.24, 2.45) is 0 Å². The number of rotatable bonds is 6. The Kier molecular flexibility index (Phi) is 5.61. The molecule has 0 aromatic carbocycles. The zero-order valence-corrected chi connectivity index (χ0v) is 12.4. The topological polar surface area (TPSA) is 54.7 Å². The number of amides is 1. The van der Waals surface area contributed by atoms with Crippen LogP contribution in [0.2, 0.25) is 0 Å². The van der Waals surface area contributed by atoms with Crippen molar-refractivity contribution in [3.63, 3.8) is 0 Å². The Labute approximate surface area is 120 Å². The Balaban J connectivity index is 2.01. The van der Waals surface area contributed by atoms with Crippen molar-refractivity contribution in [3.05, 3.63) is 23.7 Å². The van der Waals surface area contributed by atoms with Gasteiger partial charge in [0.15, 0.2) is 0 Å². The second-order valence-corrected chi connectivity index (χ2v) is 5.17. The average Bonchev–Trinajstić information content (AvgIpc) is 2.87. The summed E-state index contributed by atoms with van der Waals surface area (Å²) in [4.78, 5) is 14.0. The molecule has 1 atom stereocenters. The highest BCUT2D eigenvalue weighted by Crippen LogP contribution is 2.23. The van der Waals surface area contributed by atoms with Crippen LogP contribution < -0.4 is 5.32 Å². The Morgan fingerprint density at radius 3 is 2.75 bits per heavy atom. The number of hydrogen-bond acceptors (Lipinski definition) is 4. The Morgan fingerprint density at radius 1 is 1.40 bits per heavy atom. The number of furan rings is 1. The molecule has 5 heteroatoms. The van der Waals surface area contributed by atoms with E-state index in [4.69, 9.17) is 9.15 Å². The van der Waals surface area contributed by atoms with Gasteiger partial charge in [-0.15, -0.1) is 0 Å². The molecule has 0 saturated carbocycles. The lowest BCUT2D eigenvalue weighted by Crippen LogP contribution is -2.43. The predicted molar refractivity (Wildman–Crippen MR) is 76.5 cm³/mol. The summed E-state index contributed by atoms with van der Waals surface area (Å²) in [5.41, 5.74) is 0. The standard InChI is InChI=1S/C15H24N2O3/c1-3-4-15(18)16-11-13(14-6-5-12(2)20-14)17-7-9-19-10-8-17/h5-6,13H,3-4,7-11H2,1-2H3,(H,16,18). The van der Waals surface area contributed by atoms with Crippen molar-refractivity contribution in [2.75, 3.05) is 32.8 Å². The minimum Gasteiger partial charge on any atom is -0.465 e. The third-order valence-electron chi connectivity index (χ3n) is 3.55. The second-order valence-electron chi connectivity index (χ2n) is 5.17. The fraction of sp³-hybridized carbons (Fsp3) is 0.667. The molecule has 1 amide bonds. The summed E-state index contributed by atoms with van der Waals surface area (Å²) in [6.45, 7) is 7.75. The summed E-state index contributed by atoms with van der Waals surface area (Å²) in [7, 11) is 0. The maximum absolute atomic E-state index is 11.7. The van der Waals surface area contributed by atoms with Crippen LogP contribution in [0.15, 0.2) is 16.5 Å². The summed E-state index contributed by atoms with van der Waals surface area (Å²) in [6.07, 6.45) is 1.45. The molecule has 1 aliphatic heterocycles. The molecule has 1 aromatic rings. The molecule has 2 heterocycles. The average molecular weight is 280 g/mol. The number of ether oxygens (including phenoxy) is 1. The first-order chi connectivity index (χ1) is 9.70. The summed E-state index contributed by atoms with van der Waals surface area (Å²) in [5.74, 6) is 1.92. The van der Waals surface area contributed by atoms with Gasteiger partial charge in [-0.25, -0.2) is 0 Å². The first-order valence-electron chi connectivity index (χ1n) is 7.35. The van der Waals surface area contributed by atoms with Gasteiger partial charge in [0.2, 0.25) is 5.91 Å². The maximum Gasteiger partial charge on any atom is 0.220 e. The SMILES string of the molecule is CCCC(=O)NCC(c1ccc(C)o1)N1CCOCC1. The fourth-order valence-corrected chi connectivity index (χ4v) is 2.46. The molecule has 0 aliphatic carbocycles. The summed E-state index contributed by atoms with van der Waals surface area (Å²) in [6, 6.07) is 4.06. The van der Waals surface area contributed by atoms with E-state index in [0.717, 1.165) is 44.2 Å². The number of nitrogens with one attached hydrogen (secondary N) is 1. The lowest BCUT2D eigenvalue weighted by molar-refractivity contribution is -0.121. The quantitative estimate of drug-likeness (QED) is 0.864. The lowest BCUT2D eigenvalue weighted by Gasteiger charge is -2.33. The first-order valence-corrected chi connectivity index (χ1v) is 7.35. The molecule has 0 bridgehead atoms. The van der Waals surface area contributed by atoms with Crippen LogP contribution in [-0.4, -0.2) is 43.7 Å². The molecule has 1 aliphatic rings. The van der Waals surface area contributed by atoms with E-state index in [-0.39, 0.29) is 11.9 Å². The first kappa shape index (κ1) is 15.1. The number of carbonyl (C=O) groups is 1. The van der Waals surface area contributed by atoms with Gasteiger partial charge in [-0.05, 0) is 25.5 Å². The minimum absolute atomic E-state index is 0.0911. The van der Waals surface area contributed by atoms with Crippen LogP contribution in [-0.2, 0) is 9.53 Å². The van der Waals surface area contributed by atoms with E-state index in [0.29, 0.717) is 13.0 Å². The summed E-state index contributed by atoms with van der Waals surface area (Å²) < 4.78 is 11.2. The molecule has 0 radical (unpaired) electrons. The fourth-order valence-electron chi connectivity index (χ4n) is 2.46. The van der Waals surface area contributed by atoms with Crippen molar-refractivity contribution in [3.8, 4) is 0 Å². The predicted octanol–water partition coefficient (Wildman–Crippen LogP) is 1.88. The van der Waals surface area contributed by atoms with Crippen LogP contribution in [0.4, 0.5) is 0 Å². The van der Waals surface area contributed by atoms with Gasteiger partial charge in [0.05, 0.1) is 19.3 Å². The van der Waals surface area contributed by atoms with E-state index < -0.39 is 0 Å². The second kappa shape index (κ2) is 7.45. The van der Waals surface area contributed by atoms with E-state index in [2.05, 4.69) is 10.2 Å². The molecule has 1 fully saturated rings. The Hall–Kier alpha value is -1.33. The molecule has 1 N–H and O–H groups in total. The van der Waals surface area contributed by atoms with E-state index in [1.807, 2.05) is 26.0 Å². The van der Waals surface area contributed by atoms with E-state index in [1.54, 1.807) is 0 Å². The van der Waals surface area contributed by atoms with Gasteiger partial charge in [0.25, 0.3) is 0 Å². The number of aryl methyl sites for hydroxylation is 1. The minimum atomic E-state index is 0.0911. The van der Waals surface area contributed by atoms with Gasteiger partial charge in [-0.3, -0.25) is 9.69 Å². The normalized spacial score (nSPS) is 17.9. The molecule has 0 spiro atoms. The molecule has 20 heavy (non-hydrogen) atoms. The van der Waals surface area contributed by atoms with Crippen molar-refractivity contribution in [2.45, 2.75) is 32.7 Å². The molecule has 2 rings (SSSR count). The number of nitrogens with zero attached hydrogens (tertiary/aromatic N) is 1. The zero-order valence-electron chi connectivity index (χ0n) is 12.4. The summed E-state index contributed by atoms with van der Waals surface area (Å²) in [5, 5.41) is 3.01. The van der Waals surface area contributed by atoms with Crippen LogP contribution in [0.5, 0.6) is 0 Å². The summed E-state index contributed by atoms with van der Waals surface area (Å²) >= 11 is 0. The van der Waals surface area contributed by atoms with Crippen LogP contribution >= 0.6 is 0 Å². The molecule has 1 saturated heterocycles. The van der Waals surface area contributed by atoms with Gasteiger partial charge in [-0.2, -0.15) is 0 Å². The Bertz CT molecular complexity index is 425. The van der Waals surface area contributed by atoms with Gasteiger partial charge < -0.3 is 14.5 Å². The van der Waals surface area contributed by atoms with E-state index in [1.165, 1.54) is 0 Å². The monoisotopic (exact) mass is 280 g/mol. The number of morpholine rings is 1. The van der Waals surface area contributed by atoms with E-state index in [9.17, 15) is 4.79 Å². The number of hydrogen-bond donors (Lipinski definition) is 1. The van der Waals surface area contributed by atoms with Gasteiger partial charge in [0, 0.05) is 26.1 Å². The molecule has 1 unspecified atom stereocenters. The van der Waals surface area contributed by atoms with Gasteiger partial charge in [0.1, 0.15) is 11.5 Å². The van der Waals surface area contributed by atoms with Gasteiger partial charge in [-0.1, -0.05) is 6.92 Å². The Morgan fingerprint density at radius 2 is 2.15 bits per heavy atom. The zero-order chi connectivity index (χ0) is 14.4. The number of carbonyl (C=O) groups excluding carboxylic acids is 1. The maximum atomic E-state index is 11.7. The van der Waals surface area contributed by atoms with Crippen molar-refractivity contribution in [1.29, 1.82) is 0 Å². The molecular weight excluding hydrogens is 256 g/mol. The van der Waals surface area contributed by atoms with Crippen LogP contribution in [0.25, 0.3) is 0 Å².